The zero-order valence-corrected chi connectivity index (χ0v) is 22.0. The van der Waals surface area contributed by atoms with Crippen molar-refractivity contribution in [2.45, 2.75) is 25.6 Å². The van der Waals surface area contributed by atoms with E-state index in [9.17, 15) is 19.2 Å². The van der Waals surface area contributed by atoms with Gasteiger partial charge in [0.15, 0.2) is 6.17 Å². The Morgan fingerprint density at radius 3 is 2.06 bits per heavy atom. The molecule has 2 amide bonds. The highest BCUT2D eigenvalue weighted by atomic mass is 35.5. The van der Waals surface area contributed by atoms with Crippen molar-refractivity contribution in [1.82, 2.24) is 14.2 Å². The molecule has 1 aromatic heterocycles. The van der Waals surface area contributed by atoms with E-state index in [0.29, 0.717) is 0 Å². The number of methoxy groups -OCH3 is 1. The van der Waals surface area contributed by atoms with Crippen LogP contribution in [0.15, 0.2) is 50.5 Å². The number of anilines is 1. The van der Waals surface area contributed by atoms with Crippen LogP contribution in [0.4, 0.5) is 10.5 Å². The summed E-state index contributed by atoms with van der Waals surface area (Å²) in [4.78, 5) is 54.4. The van der Waals surface area contributed by atoms with Gasteiger partial charge in [-0.2, -0.15) is 4.57 Å². The van der Waals surface area contributed by atoms with Crippen LogP contribution in [0.1, 0.15) is 20.0 Å². The molecule has 1 fully saturated rings. The number of urea groups is 1. The largest absolute Gasteiger partial charge is 0.468 e. The molecule has 14 heteroatoms. The van der Waals surface area contributed by atoms with E-state index in [2.05, 4.69) is 0 Å². The van der Waals surface area contributed by atoms with Crippen molar-refractivity contribution in [3.05, 3.63) is 77.5 Å². The van der Waals surface area contributed by atoms with E-state index in [1.165, 1.54) is 53.3 Å². The Hall–Kier alpha value is -2.92. The first-order chi connectivity index (χ1) is 16.9. The van der Waals surface area contributed by atoms with Gasteiger partial charge in [0.25, 0.3) is 0 Å². The van der Waals surface area contributed by atoms with Gasteiger partial charge in [0.05, 0.1) is 38.4 Å². The van der Waals surface area contributed by atoms with Crippen molar-refractivity contribution in [2.24, 2.45) is 0 Å². The maximum atomic E-state index is 13.6. The van der Waals surface area contributed by atoms with Crippen molar-refractivity contribution in [1.29, 1.82) is 0 Å². The minimum absolute atomic E-state index is 0.108. The van der Waals surface area contributed by atoms with E-state index >= 15 is 0 Å². The maximum Gasteiger partial charge on any atom is 0.447 e. The lowest BCUT2D eigenvalue weighted by atomic mass is 10.0. The molecule has 1 saturated heterocycles. The number of carbonyl (C=O) groups excluding carboxylic acids is 2. The second kappa shape index (κ2) is 9.51. The summed E-state index contributed by atoms with van der Waals surface area (Å²) < 4.78 is 11.6. The van der Waals surface area contributed by atoms with Crippen molar-refractivity contribution in [2.75, 3.05) is 18.6 Å². The number of aromatic nitrogens is 2. The second-order valence-corrected chi connectivity index (χ2v) is 9.97. The first-order valence-corrected chi connectivity index (χ1v) is 11.8. The molecule has 0 spiro atoms. The van der Waals surface area contributed by atoms with Gasteiger partial charge in [-0.05, 0) is 50.2 Å². The Balaban J connectivity index is 1.93. The third-order valence-electron chi connectivity index (χ3n) is 5.83. The van der Waals surface area contributed by atoms with Crippen molar-refractivity contribution < 1.29 is 18.8 Å². The fourth-order valence-electron chi connectivity index (χ4n) is 4.02. The molecule has 1 aliphatic heterocycles. The van der Waals surface area contributed by atoms with Gasteiger partial charge >= 0.3 is 23.4 Å². The third-order valence-corrected chi connectivity index (χ3v) is 7.31. The van der Waals surface area contributed by atoms with E-state index in [0.717, 1.165) is 9.31 Å². The number of hydrogen-bond donors (Lipinski definition) is 0. The number of halogens is 4. The lowest BCUT2D eigenvalue weighted by Gasteiger charge is -2.33. The quantitative estimate of drug-likeness (QED) is 0.412. The van der Waals surface area contributed by atoms with E-state index in [4.69, 9.17) is 55.7 Å². The van der Waals surface area contributed by atoms with Crippen LogP contribution in [0.3, 0.4) is 0 Å². The number of benzene rings is 2. The van der Waals surface area contributed by atoms with Crippen LogP contribution in [0.2, 0.25) is 20.1 Å². The molecule has 0 radical (unpaired) electrons. The SMILES string of the molecule is COC(=O)CN1C(=O)N(c2ccc(Cl)c(Cl)c2)C(n2oc(=O)n(-c3ccc(Cl)c(Cl)c3)c2=O)C1(C)C. The minimum Gasteiger partial charge on any atom is -0.468 e. The molecule has 0 N–H and O–H groups in total. The number of ether oxygens (including phenoxy) is 1. The molecular weight excluding hydrogens is 558 g/mol. The zero-order valence-electron chi connectivity index (χ0n) is 19.0. The van der Waals surface area contributed by atoms with Crippen LogP contribution in [0, 0.1) is 0 Å². The van der Waals surface area contributed by atoms with Gasteiger partial charge < -0.3 is 14.2 Å². The molecule has 1 aliphatic rings. The molecule has 190 valence electrons. The van der Waals surface area contributed by atoms with E-state index in [-0.39, 0.29) is 31.5 Å². The predicted octanol–water partition coefficient (Wildman–Crippen LogP) is 4.60. The Labute approximate surface area is 224 Å². The van der Waals surface area contributed by atoms with E-state index in [1.54, 1.807) is 13.8 Å². The second-order valence-electron chi connectivity index (χ2n) is 8.34. The van der Waals surface area contributed by atoms with Crippen LogP contribution in [-0.2, 0) is 9.53 Å². The highest BCUT2D eigenvalue weighted by molar-refractivity contribution is 6.42. The van der Waals surface area contributed by atoms with Crippen molar-refractivity contribution in [3.63, 3.8) is 0 Å². The van der Waals surface area contributed by atoms with Crippen molar-refractivity contribution >= 4 is 64.1 Å². The molecule has 2 heterocycles. The van der Waals surface area contributed by atoms with E-state index in [1.807, 2.05) is 0 Å². The summed E-state index contributed by atoms with van der Waals surface area (Å²) in [5.74, 6) is -1.71. The fraction of sp³-hybridized carbons (Fsp3) is 0.273. The third kappa shape index (κ3) is 4.28. The molecule has 0 saturated carbocycles. The van der Waals surface area contributed by atoms with Gasteiger partial charge in [-0.1, -0.05) is 46.4 Å². The summed E-state index contributed by atoms with van der Waals surface area (Å²) in [5, 5.41) is 0.728. The molecular formula is C22H18Cl4N4O6. The summed E-state index contributed by atoms with van der Waals surface area (Å²) >= 11 is 24.3. The van der Waals surface area contributed by atoms with Crippen LogP contribution >= 0.6 is 46.4 Å². The standard InChI is InChI=1S/C22H18Cl4N4O6/c1-22(2)18(30-20(33)29(21(34)36-30)12-5-7-14(24)16(26)9-12)28(11-4-6-13(23)15(25)8-11)19(32)27(22)10-17(31)35-3/h4-9,18H,10H2,1-3H3. The summed E-state index contributed by atoms with van der Waals surface area (Å²) in [5.41, 5.74) is -1.80. The molecule has 3 aromatic rings. The Bertz CT molecular complexity index is 1490. The summed E-state index contributed by atoms with van der Waals surface area (Å²) in [6, 6.07) is 7.91. The number of nitrogens with zero attached hydrogens (tertiary/aromatic N) is 4. The molecule has 2 aromatic carbocycles. The smallest absolute Gasteiger partial charge is 0.447 e. The molecule has 1 unspecified atom stereocenters. The Morgan fingerprint density at radius 2 is 1.50 bits per heavy atom. The number of amides is 2. The summed E-state index contributed by atoms with van der Waals surface area (Å²) in [6.45, 7) is 2.79. The molecule has 10 nitrogen and oxygen atoms in total. The molecule has 1 atom stereocenters. The number of esters is 1. The van der Waals surface area contributed by atoms with Gasteiger partial charge in [-0.15, -0.1) is 4.74 Å². The first-order valence-electron chi connectivity index (χ1n) is 10.3. The normalized spacial score (nSPS) is 17.1. The Kier molecular flexibility index (Phi) is 6.91. The fourth-order valence-corrected chi connectivity index (χ4v) is 4.60. The van der Waals surface area contributed by atoms with Crippen LogP contribution < -0.4 is 16.3 Å². The Morgan fingerprint density at radius 1 is 0.944 bits per heavy atom. The summed E-state index contributed by atoms with van der Waals surface area (Å²) in [7, 11) is 1.19. The lowest BCUT2D eigenvalue weighted by molar-refractivity contribution is -0.142. The topological polar surface area (TPSA) is 107 Å². The van der Waals surface area contributed by atoms with Crippen LogP contribution in [0.5, 0.6) is 0 Å². The van der Waals surface area contributed by atoms with Gasteiger partial charge in [-0.25, -0.2) is 14.4 Å². The highest BCUT2D eigenvalue weighted by Gasteiger charge is 2.56. The maximum absolute atomic E-state index is 13.6. The molecule has 36 heavy (non-hydrogen) atoms. The predicted molar refractivity (Wildman–Crippen MR) is 135 cm³/mol. The van der Waals surface area contributed by atoms with Crippen LogP contribution in [0.25, 0.3) is 5.69 Å². The number of hydrogen-bond acceptors (Lipinski definition) is 6. The minimum atomic E-state index is -1.26. The number of carbonyl (C=O) groups is 2. The average molecular weight is 576 g/mol. The van der Waals surface area contributed by atoms with Crippen molar-refractivity contribution in [3.8, 4) is 5.69 Å². The zero-order chi connectivity index (χ0) is 26.5. The van der Waals surface area contributed by atoms with E-state index < -0.39 is 41.7 Å². The number of rotatable bonds is 5. The van der Waals surface area contributed by atoms with Gasteiger partial charge in [0, 0.05) is 5.69 Å². The summed E-state index contributed by atoms with van der Waals surface area (Å²) in [6.07, 6.45) is -1.23. The first kappa shape index (κ1) is 26.2. The molecule has 0 bridgehead atoms. The highest BCUT2D eigenvalue weighted by Crippen LogP contribution is 2.43. The lowest BCUT2D eigenvalue weighted by Crippen LogP contribution is -2.48. The monoisotopic (exact) mass is 574 g/mol. The average Bonchev–Trinajstić information content (AvgIpc) is 3.21. The van der Waals surface area contributed by atoms with Crippen LogP contribution in [-0.4, -0.2) is 45.4 Å². The van der Waals surface area contributed by atoms with Gasteiger partial charge in [0.2, 0.25) is 0 Å². The molecule has 0 aliphatic carbocycles. The van der Waals surface area contributed by atoms with Gasteiger partial charge in [-0.3, -0.25) is 9.69 Å². The van der Waals surface area contributed by atoms with Gasteiger partial charge in [0.1, 0.15) is 6.54 Å². The molecule has 4 rings (SSSR count).